The Hall–Kier alpha value is -1.68. The molecule has 98 valence electrons. The largest absolute Gasteiger partial charge is 0.311 e. The van der Waals surface area contributed by atoms with Crippen LogP contribution in [0.2, 0.25) is 0 Å². The lowest BCUT2D eigenvalue weighted by atomic mass is 10.1. The molecule has 19 heavy (non-hydrogen) atoms. The fourth-order valence-electron chi connectivity index (χ4n) is 1.86. The van der Waals surface area contributed by atoms with E-state index in [0.29, 0.717) is 11.3 Å². The molecule has 0 fully saturated rings. The highest BCUT2D eigenvalue weighted by atomic mass is 79.9. The Kier molecular flexibility index (Phi) is 4.00. The normalized spacial score (nSPS) is 10.3. The van der Waals surface area contributed by atoms with E-state index in [0.717, 1.165) is 10.0 Å². The SMILES string of the molecule is Cc1cc(Br)cc(C(=O)N(C)c2cccc(F)c2)c1. The second-order valence-corrected chi connectivity index (χ2v) is 5.28. The third-order valence-electron chi connectivity index (χ3n) is 2.79. The number of benzene rings is 2. The molecule has 0 atom stereocenters. The van der Waals surface area contributed by atoms with Crippen LogP contribution < -0.4 is 4.90 Å². The van der Waals surface area contributed by atoms with Crippen LogP contribution in [0.3, 0.4) is 0 Å². The van der Waals surface area contributed by atoms with Gasteiger partial charge in [0.05, 0.1) is 0 Å². The zero-order valence-electron chi connectivity index (χ0n) is 10.7. The summed E-state index contributed by atoms with van der Waals surface area (Å²) in [6, 6.07) is 11.5. The smallest absolute Gasteiger partial charge is 0.258 e. The summed E-state index contributed by atoms with van der Waals surface area (Å²) in [5.74, 6) is -0.530. The van der Waals surface area contributed by atoms with Crippen molar-refractivity contribution >= 4 is 27.5 Å². The van der Waals surface area contributed by atoms with Gasteiger partial charge in [-0.05, 0) is 48.9 Å². The Bertz CT molecular complexity index is 607. The lowest BCUT2D eigenvalue weighted by Crippen LogP contribution is -2.26. The summed E-state index contributed by atoms with van der Waals surface area (Å²) in [6.45, 7) is 1.92. The van der Waals surface area contributed by atoms with Crippen molar-refractivity contribution in [2.75, 3.05) is 11.9 Å². The Labute approximate surface area is 120 Å². The van der Waals surface area contributed by atoms with Gasteiger partial charge in [-0.3, -0.25) is 4.79 Å². The van der Waals surface area contributed by atoms with Crippen molar-refractivity contribution in [2.24, 2.45) is 0 Å². The van der Waals surface area contributed by atoms with Gasteiger partial charge in [0.15, 0.2) is 0 Å². The van der Waals surface area contributed by atoms with Crippen LogP contribution >= 0.6 is 15.9 Å². The quantitative estimate of drug-likeness (QED) is 0.812. The number of hydrogen-bond donors (Lipinski definition) is 0. The number of nitrogens with zero attached hydrogens (tertiary/aromatic N) is 1. The Morgan fingerprint density at radius 1 is 1.21 bits per heavy atom. The Morgan fingerprint density at radius 2 is 1.95 bits per heavy atom. The summed E-state index contributed by atoms with van der Waals surface area (Å²) in [5, 5.41) is 0. The van der Waals surface area contributed by atoms with Gasteiger partial charge in [-0.15, -0.1) is 0 Å². The molecule has 0 saturated carbocycles. The Balaban J connectivity index is 2.33. The molecular weight excluding hydrogens is 309 g/mol. The van der Waals surface area contributed by atoms with Gasteiger partial charge in [0.25, 0.3) is 5.91 Å². The van der Waals surface area contributed by atoms with Crippen molar-refractivity contribution in [3.63, 3.8) is 0 Å². The number of halogens is 2. The topological polar surface area (TPSA) is 20.3 Å². The summed E-state index contributed by atoms with van der Waals surface area (Å²) >= 11 is 3.37. The van der Waals surface area contributed by atoms with Crippen molar-refractivity contribution in [1.29, 1.82) is 0 Å². The first kappa shape index (κ1) is 13.7. The highest BCUT2D eigenvalue weighted by molar-refractivity contribution is 9.10. The number of rotatable bonds is 2. The number of amides is 1. The van der Waals surface area contributed by atoms with Gasteiger partial charge < -0.3 is 4.90 Å². The van der Waals surface area contributed by atoms with E-state index in [9.17, 15) is 9.18 Å². The molecule has 2 nitrogen and oxygen atoms in total. The van der Waals surface area contributed by atoms with E-state index >= 15 is 0 Å². The highest BCUT2D eigenvalue weighted by Crippen LogP contribution is 2.20. The van der Waals surface area contributed by atoms with Crippen molar-refractivity contribution in [1.82, 2.24) is 0 Å². The molecule has 0 N–H and O–H groups in total. The lowest BCUT2D eigenvalue weighted by molar-refractivity contribution is 0.0993. The van der Waals surface area contributed by atoms with Gasteiger partial charge in [-0.1, -0.05) is 22.0 Å². The number of aryl methyl sites for hydroxylation is 1. The summed E-state index contributed by atoms with van der Waals surface area (Å²) in [5.41, 5.74) is 2.09. The first-order valence-electron chi connectivity index (χ1n) is 5.78. The average molecular weight is 322 g/mol. The molecule has 0 saturated heterocycles. The van der Waals surface area contributed by atoms with Crippen molar-refractivity contribution in [2.45, 2.75) is 6.92 Å². The summed E-state index contributed by atoms with van der Waals surface area (Å²) in [4.78, 5) is 13.8. The van der Waals surface area contributed by atoms with E-state index in [1.807, 2.05) is 19.1 Å². The van der Waals surface area contributed by atoms with E-state index < -0.39 is 0 Å². The van der Waals surface area contributed by atoms with Gasteiger partial charge in [-0.25, -0.2) is 4.39 Å². The minimum Gasteiger partial charge on any atom is -0.311 e. The standard InChI is InChI=1S/C15H13BrFNO/c1-10-6-11(8-12(16)7-10)15(19)18(2)14-5-3-4-13(17)9-14/h3-9H,1-2H3. The molecule has 0 aliphatic rings. The van der Waals surface area contributed by atoms with Crippen LogP contribution in [0.1, 0.15) is 15.9 Å². The fourth-order valence-corrected chi connectivity index (χ4v) is 2.46. The van der Waals surface area contributed by atoms with E-state index in [1.165, 1.54) is 17.0 Å². The molecule has 0 unspecified atom stereocenters. The van der Waals surface area contributed by atoms with Crippen molar-refractivity contribution in [3.05, 3.63) is 63.9 Å². The van der Waals surface area contributed by atoms with E-state index in [-0.39, 0.29) is 11.7 Å². The average Bonchev–Trinajstić information content (AvgIpc) is 2.36. The van der Waals surface area contributed by atoms with Crippen LogP contribution in [0.25, 0.3) is 0 Å². The fraction of sp³-hybridized carbons (Fsp3) is 0.133. The predicted molar refractivity (Wildman–Crippen MR) is 78.0 cm³/mol. The molecule has 0 aliphatic heterocycles. The monoisotopic (exact) mass is 321 g/mol. The molecule has 0 bridgehead atoms. The van der Waals surface area contributed by atoms with Gasteiger partial charge in [0.1, 0.15) is 5.82 Å². The summed E-state index contributed by atoms with van der Waals surface area (Å²) in [7, 11) is 1.63. The molecule has 4 heteroatoms. The highest BCUT2D eigenvalue weighted by Gasteiger charge is 2.14. The zero-order chi connectivity index (χ0) is 14.0. The minimum absolute atomic E-state index is 0.171. The number of carbonyl (C=O) groups is 1. The molecule has 0 heterocycles. The molecule has 2 rings (SSSR count). The van der Waals surface area contributed by atoms with Crippen LogP contribution in [-0.2, 0) is 0 Å². The van der Waals surface area contributed by atoms with Crippen LogP contribution in [-0.4, -0.2) is 13.0 Å². The molecule has 0 aromatic heterocycles. The van der Waals surface area contributed by atoms with Gasteiger partial charge in [0.2, 0.25) is 0 Å². The predicted octanol–water partition coefficient (Wildman–Crippen LogP) is 4.17. The third kappa shape index (κ3) is 3.20. The van der Waals surface area contributed by atoms with E-state index in [4.69, 9.17) is 0 Å². The van der Waals surface area contributed by atoms with Crippen molar-refractivity contribution in [3.8, 4) is 0 Å². The molecule has 0 spiro atoms. The van der Waals surface area contributed by atoms with Crippen LogP contribution in [0, 0.1) is 12.7 Å². The first-order valence-corrected chi connectivity index (χ1v) is 6.57. The lowest BCUT2D eigenvalue weighted by Gasteiger charge is -2.18. The van der Waals surface area contributed by atoms with Gasteiger partial charge >= 0.3 is 0 Å². The molecule has 2 aromatic carbocycles. The molecule has 0 aliphatic carbocycles. The molecule has 0 radical (unpaired) electrons. The number of carbonyl (C=O) groups excluding carboxylic acids is 1. The maximum Gasteiger partial charge on any atom is 0.258 e. The maximum atomic E-state index is 13.2. The third-order valence-corrected chi connectivity index (χ3v) is 3.25. The van der Waals surface area contributed by atoms with Gasteiger partial charge in [-0.2, -0.15) is 0 Å². The minimum atomic E-state index is -0.359. The first-order chi connectivity index (χ1) is 8.97. The summed E-state index contributed by atoms with van der Waals surface area (Å²) < 4.78 is 14.0. The molecule has 2 aromatic rings. The maximum absolute atomic E-state index is 13.2. The summed E-state index contributed by atoms with van der Waals surface area (Å²) in [6.07, 6.45) is 0. The van der Waals surface area contributed by atoms with E-state index in [2.05, 4.69) is 15.9 Å². The molecular formula is C15H13BrFNO. The van der Waals surface area contributed by atoms with Crippen LogP contribution in [0.4, 0.5) is 10.1 Å². The van der Waals surface area contributed by atoms with Crippen LogP contribution in [0.15, 0.2) is 46.9 Å². The van der Waals surface area contributed by atoms with Crippen LogP contribution in [0.5, 0.6) is 0 Å². The van der Waals surface area contributed by atoms with E-state index in [1.54, 1.807) is 25.2 Å². The number of anilines is 1. The molecule has 1 amide bonds. The zero-order valence-corrected chi connectivity index (χ0v) is 12.2. The Morgan fingerprint density at radius 3 is 2.58 bits per heavy atom. The second-order valence-electron chi connectivity index (χ2n) is 4.36. The second kappa shape index (κ2) is 5.53. The number of hydrogen-bond acceptors (Lipinski definition) is 1. The van der Waals surface area contributed by atoms with Gasteiger partial charge in [0, 0.05) is 22.8 Å². The van der Waals surface area contributed by atoms with Crippen molar-refractivity contribution < 1.29 is 9.18 Å².